The third-order valence-corrected chi connectivity index (χ3v) is 8.37. The van der Waals surface area contributed by atoms with E-state index in [1.165, 1.54) is 35.3 Å². The second kappa shape index (κ2) is 6.94. The van der Waals surface area contributed by atoms with E-state index in [9.17, 15) is 19.5 Å². The predicted octanol–water partition coefficient (Wildman–Crippen LogP) is 0.394. The van der Waals surface area contributed by atoms with E-state index in [1.807, 2.05) is 6.26 Å². The van der Waals surface area contributed by atoms with Crippen molar-refractivity contribution < 1.29 is 19.5 Å². The number of nitrogens with zero attached hydrogens (tertiary/aromatic N) is 3. The summed E-state index contributed by atoms with van der Waals surface area (Å²) in [5.74, 6) is -0.805. The number of rotatable bonds is 5. The number of fused-ring (bicyclic) bond motifs is 1. The Hall–Kier alpha value is -1.63. The first-order valence-corrected chi connectivity index (χ1v) is 10.9. The van der Waals surface area contributed by atoms with Gasteiger partial charge in [0.05, 0.1) is 10.5 Å². The second-order valence-electron chi connectivity index (χ2n) is 5.44. The highest BCUT2D eigenvalue weighted by Crippen LogP contribution is 2.42. The van der Waals surface area contributed by atoms with Gasteiger partial charge in [-0.15, -0.1) is 11.8 Å². The molecule has 0 spiro atoms. The standard InChI is InChI=1S/C13H15N5O4S3/c1-5(19)15-12-16-17-13(25(12)2)24-4-6-3-23-10-7(14)9(20)18(10)8(6)11(21)22/h7,10H,3-4,14H2,1-2H3,(H-,15,16,19,21,22)/p+1/t7?,10-,25?/m1/s1. The molecule has 1 aromatic heterocycles. The third kappa shape index (κ3) is 3.26. The highest BCUT2D eigenvalue weighted by atomic mass is 32.2. The number of carboxylic acid groups (broad SMARTS) is 1. The SMILES string of the molecule is CC(=O)Nc1nnc(SCC2=C(C(=O)O)N3C(=O)C(N)[C@H]3SC2)[s+]1C. The molecule has 2 unspecified atom stereocenters. The van der Waals surface area contributed by atoms with Gasteiger partial charge in [0.2, 0.25) is 11.8 Å². The Kier molecular flexibility index (Phi) is 5.04. The zero-order chi connectivity index (χ0) is 18.3. The Balaban J connectivity index is 1.78. The van der Waals surface area contributed by atoms with Gasteiger partial charge in [0.25, 0.3) is 0 Å². The van der Waals surface area contributed by atoms with Gasteiger partial charge < -0.3 is 10.8 Å². The van der Waals surface area contributed by atoms with Crippen molar-refractivity contribution in [1.82, 2.24) is 15.1 Å². The molecule has 0 aliphatic carbocycles. The van der Waals surface area contributed by atoms with Crippen LogP contribution in [0.25, 0.3) is 0 Å². The van der Waals surface area contributed by atoms with E-state index >= 15 is 0 Å². The molecule has 2 amide bonds. The van der Waals surface area contributed by atoms with Crippen LogP contribution in [0.2, 0.25) is 0 Å². The van der Waals surface area contributed by atoms with Crippen molar-refractivity contribution >= 4 is 56.9 Å². The number of hydrogen-bond acceptors (Lipinski definition) is 8. The maximum atomic E-state index is 11.9. The highest BCUT2D eigenvalue weighted by molar-refractivity contribution is 8.02. The molecule has 4 N–H and O–H groups in total. The molecule has 0 aromatic carbocycles. The molecule has 134 valence electrons. The number of amides is 2. The van der Waals surface area contributed by atoms with E-state index in [4.69, 9.17) is 5.73 Å². The van der Waals surface area contributed by atoms with Crippen LogP contribution in [0.3, 0.4) is 0 Å². The monoisotopic (exact) mass is 402 g/mol. The van der Waals surface area contributed by atoms with Crippen LogP contribution in [-0.4, -0.2) is 60.9 Å². The lowest BCUT2D eigenvalue weighted by Gasteiger charge is -2.48. The molecule has 1 saturated heterocycles. The van der Waals surface area contributed by atoms with Crippen molar-refractivity contribution in [3.63, 3.8) is 0 Å². The average Bonchev–Trinajstić information content (AvgIpc) is 2.90. The molecule has 12 heteroatoms. The summed E-state index contributed by atoms with van der Waals surface area (Å²) >= 11 is 2.84. The molecule has 25 heavy (non-hydrogen) atoms. The number of anilines is 1. The van der Waals surface area contributed by atoms with Crippen molar-refractivity contribution in [2.75, 3.05) is 16.8 Å². The van der Waals surface area contributed by atoms with E-state index < -0.39 is 22.5 Å². The molecule has 0 bridgehead atoms. The molecule has 9 nitrogen and oxygen atoms in total. The minimum Gasteiger partial charge on any atom is -0.477 e. The van der Waals surface area contributed by atoms with E-state index in [0.29, 0.717) is 22.2 Å². The van der Waals surface area contributed by atoms with Gasteiger partial charge in [-0.1, -0.05) is 10.2 Å². The van der Waals surface area contributed by atoms with E-state index in [-0.39, 0.29) is 22.9 Å². The first-order valence-electron chi connectivity index (χ1n) is 7.18. The molecule has 0 radical (unpaired) electrons. The number of hydrogen-bond donors (Lipinski definition) is 3. The molecule has 3 rings (SSSR count). The Morgan fingerprint density at radius 3 is 2.88 bits per heavy atom. The van der Waals surface area contributed by atoms with Crippen LogP contribution in [0.4, 0.5) is 5.13 Å². The lowest BCUT2D eigenvalue weighted by atomic mass is 10.0. The van der Waals surface area contributed by atoms with Crippen LogP contribution in [0, 0.1) is 0 Å². The molecule has 2 aliphatic rings. The lowest BCUT2D eigenvalue weighted by Crippen LogP contribution is -2.68. The second-order valence-corrected chi connectivity index (χ2v) is 9.57. The van der Waals surface area contributed by atoms with Gasteiger partial charge in [0.1, 0.15) is 23.4 Å². The van der Waals surface area contributed by atoms with Crippen molar-refractivity contribution in [1.29, 1.82) is 0 Å². The van der Waals surface area contributed by atoms with Crippen molar-refractivity contribution in [3.05, 3.63) is 11.3 Å². The van der Waals surface area contributed by atoms with E-state index in [2.05, 4.69) is 15.5 Å². The quantitative estimate of drug-likeness (QED) is 0.276. The summed E-state index contributed by atoms with van der Waals surface area (Å²) in [5.41, 5.74) is 6.42. The number of carbonyl (C=O) groups is 3. The van der Waals surface area contributed by atoms with Crippen LogP contribution >= 0.6 is 34.0 Å². The topological polar surface area (TPSA) is 139 Å². The maximum Gasteiger partial charge on any atom is 0.367 e. The first kappa shape index (κ1) is 18.2. The Bertz CT molecular complexity index is 793. The summed E-state index contributed by atoms with van der Waals surface area (Å²) in [6.45, 7) is 1.40. The van der Waals surface area contributed by atoms with Crippen molar-refractivity contribution in [2.45, 2.75) is 22.7 Å². The smallest absolute Gasteiger partial charge is 0.367 e. The number of thioether (sulfide) groups is 2. The normalized spacial score (nSPS) is 23.2. The number of nitrogens with two attached hydrogens (primary N) is 1. The lowest BCUT2D eigenvalue weighted by molar-refractivity contribution is -0.147. The number of aliphatic carboxylic acids is 1. The molecular formula is C13H16N5O4S3+. The Labute approximate surface area is 154 Å². The fourth-order valence-corrected chi connectivity index (χ4v) is 6.47. The van der Waals surface area contributed by atoms with E-state index in [1.54, 1.807) is 0 Å². The molecule has 3 heterocycles. The minimum atomic E-state index is -1.12. The Morgan fingerprint density at radius 2 is 2.24 bits per heavy atom. The molecular weight excluding hydrogens is 386 g/mol. The number of aromatic nitrogens is 2. The van der Waals surface area contributed by atoms with Gasteiger partial charge in [-0.3, -0.25) is 19.8 Å². The maximum absolute atomic E-state index is 11.9. The number of β-lactam (4-membered cyclic amide) rings is 1. The fraction of sp³-hybridized carbons (Fsp3) is 0.462. The minimum absolute atomic E-state index is 0.0283. The van der Waals surface area contributed by atoms with Crippen LogP contribution in [0.1, 0.15) is 6.92 Å². The van der Waals surface area contributed by atoms with Gasteiger partial charge >= 0.3 is 15.4 Å². The van der Waals surface area contributed by atoms with Crippen LogP contribution in [0.15, 0.2) is 15.6 Å². The summed E-state index contributed by atoms with van der Waals surface area (Å²) < 4.78 is 0.722. The zero-order valence-electron chi connectivity index (χ0n) is 13.4. The average molecular weight is 403 g/mol. The molecule has 1 aromatic rings. The highest BCUT2D eigenvalue weighted by Gasteiger charge is 2.51. The first-order chi connectivity index (χ1) is 11.8. The van der Waals surface area contributed by atoms with Crippen LogP contribution in [0.5, 0.6) is 0 Å². The van der Waals surface area contributed by atoms with Crippen LogP contribution < -0.4 is 11.1 Å². The van der Waals surface area contributed by atoms with Crippen molar-refractivity contribution in [2.24, 2.45) is 12.0 Å². The summed E-state index contributed by atoms with van der Waals surface area (Å²) in [7, 11) is -0.456. The largest absolute Gasteiger partial charge is 0.477 e. The van der Waals surface area contributed by atoms with Gasteiger partial charge in [0.15, 0.2) is 0 Å². The number of carbonyl (C=O) groups excluding carboxylic acids is 2. The number of nitrogens with one attached hydrogen (secondary N) is 1. The van der Waals surface area contributed by atoms with Crippen LogP contribution in [-0.2, 0) is 20.6 Å². The summed E-state index contributed by atoms with van der Waals surface area (Å²) in [6, 6.07) is -0.636. The summed E-state index contributed by atoms with van der Waals surface area (Å²) in [5, 5.41) is 20.4. The summed E-state index contributed by atoms with van der Waals surface area (Å²) in [4.78, 5) is 36.0. The Morgan fingerprint density at radius 1 is 1.52 bits per heavy atom. The molecule has 0 saturated carbocycles. The molecule has 2 aliphatic heterocycles. The predicted molar refractivity (Wildman–Crippen MR) is 96.2 cm³/mol. The van der Waals surface area contributed by atoms with Gasteiger partial charge in [-0.2, -0.15) is 0 Å². The van der Waals surface area contributed by atoms with Crippen molar-refractivity contribution in [3.8, 4) is 0 Å². The van der Waals surface area contributed by atoms with Gasteiger partial charge in [-0.05, 0) is 17.3 Å². The molecule has 3 atom stereocenters. The zero-order valence-corrected chi connectivity index (χ0v) is 15.8. The van der Waals surface area contributed by atoms with E-state index in [0.717, 1.165) is 4.34 Å². The fourth-order valence-electron chi connectivity index (χ4n) is 2.50. The molecule has 1 fully saturated rings. The number of carboxylic acids is 1. The van der Waals surface area contributed by atoms with Gasteiger partial charge in [0, 0.05) is 18.4 Å². The third-order valence-electron chi connectivity index (χ3n) is 3.72. The van der Waals surface area contributed by atoms with Gasteiger partial charge in [-0.25, -0.2) is 4.79 Å². The summed E-state index contributed by atoms with van der Waals surface area (Å²) in [6.07, 6.45) is 1.89.